The van der Waals surface area contributed by atoms with Crippen molar-refractivity contribution in [1.29, 1.82) is 0 Å². The Bertz CT molecular complexity index is 676. The monoisotopic (exact) mass is 394 g/mol. The van der Waals surface area contributed by atoms with E-state index in [0.29, 0.717) is 5.69 Å². The first-order chi connectivity index (χ1) is 8.49. The Morgan fingerprint density at radius 2 is 1.94 bits per heavy atom. The number of para-hydroxylation sites is 1. The summed E-state index contributed by atoms with van der Waals surface area (Å²) in [5.41, 5.74) is 0.533. The molecule has 0 aliphatic heterocycles. The first kappa shape index (κ1) is 13.6. The van der Waals surface area contributed by atoms with Crippen molar-refractivity contribution in [2.45, 2.75) is 4.90 Å². The molecule has 0 saturated heterocycles. The van der Waals surface area contributed by atoms with Gasteiger partial charge in [-0.3, -0.25) is 4.72 Å². The van der Waals surface area contributed by atoms with Crippen LogP contribution in [-0.2, 0) is 10.0 Å². The largest absolute Gasteiger partial charge is 0.279 e. The van der Waals surface area contributed by atoms with E-state index in [2.05, 4.69) is 32.3 Å². The first-order valence-corrected chi connectivity index (χ1v) is 7.82. The van der Waals surface area contributed by atoms with Gasteiger partial charge in [-0.05, 0) is 46.9 Å². The smallest absolute Gasteiger partial charge is 0.262 e. The van der Waals surface area contributed by atoms with Gasteiger partial charge in [0.1, 0.15) is 5.15 Å². The van der Waals surface area contributed by atoms with Crippen LogP contribution < -0.4 is 4.72 Å². The number of aromatic nitrogens is 1. The van der Waals surface area contributed by atoms with E-state index in [-0.39, 0.29) is 10.0 Å². The van der Waals surface area contributed by atoms with Gasteiger partial charge in [0.05, 0.1) is 10.6 Å². The van der Waals surface area contributed by atoms with E-state index in [1.54, 1.807) is 12.1 Å². The number of nitrogens with zero attached hydrogens (tertiary/aromatic N) is 1. The Morgan fingerprint density at radius 1 is 1.22 bits per heavy atom. The molecule has 1 heterocycles. The third-order valence-electron chi connectivity index (χ3n) is 2.13. The second kappa shape index (κ2) is 5.41. The lowest BCUT2D eigenvalue weighted by Crippen LogP contribution is -2.13. The summed E-state index contributed by atoms with van der Waals surface area (Å²) in [5, 5.41) is 0.139. The van der Waals surface area contributed by atoms with Crippen LogP contribution in [0.2, 0.25) is 5.15 Å². The van der Waals surface area contributed by atoms with E-state index < -0.39 is 10.0 Å². The number of sulfonamides is 1. The number of benzene rings is 1. The zero-order valence-electron chi connectivity index (χ0n) is 8.97. The summed E-state index contributed by atoms with van der Waals surface area (Å²) in [4.78, 5) is 3.83. The van der Waals surface area contributed by atoms with Crippen LogP contribution in [0.5, 0.6) is 0 Å². The molecule has 0 aliphatic rings. The fourth-order valence-corrected chi connectivity index (χ4v) is 3.34. The predicted molar refractivity (Wildman–Crippen MR) is 79.2 cm³/mol. The van der Waals surface area contributed by atoms with Gasteiger partial charge < -0.3 is 0 Å². The second-order valence-corrected chi connectivity index (χ2v) is 6.63. The van der Waals surface area contributed by atoms with Gasteiger partial charge in [0, 0.05) is 9.77 Å². The van der Waals surface area contributed by atoms with E-state index in [9.17, 15) is 8.42 Å². The number of hydrogen-bond donors (Lipinski definition) is 1. The van der Waals surface area contributed by atoms with Crippen molar-refractivity contribution < 1.29 is 8.42 Å². The zero-order chi connectivity index (χ0) is 13.2. The van der Waals surface area contributed by atoms with Gasteiger partial charge in [-0.1, -0.05) is 23.7 Å². The van der Waals surface area contributed by atoms with Gasteiger partial charge in [-0.15, -0.1) is 0 Å². The van der Waals surface area contributed by atoms with Crippen LogP contribution in [0.4, 0.5) is 5.69 Å². The summed E-state index contributed by atoms with van der Waals surface area (Å²) in [6.45, 7) is 0. The van der Waals surface area contributed by atoms with E-state index in [1.807, 2.05) is 12.1 Å². The molecule has 0 atom stereocenters. The third-order valence-corrected chi connectivity index (χ3v) is 4.64. The molecule has 0 spiro atoms. The Labute approximate surface area is 124 Å². The first-order valence-electron chi connectivity index (χ1n) is 4.88. The molecule has 2 aromatic rings. The second-order valence-electron chi connectivity index (χ2n) is 3.40. The van der Waals surface area contributed by atoms with Crippen molar-refractivity contribution in [3.63, 3.8) is 0 Å². The molecule has 1 aromatic carbocycles. The summed E-state index contributed by atoms with van der Waals surface area (Å²) in [7, 11) is -3.64. The molecular weight excluding hydrogens is 387 g/mol. The molecule has 0 unspecified atom stereocenters. The Balaban J connectivity index is 2.37. The normalized spacial score (nSPS) is 11.2. The van der Waals surface area contributed by atoms with Crippen LogP contribution >= 0.6 is 34.2 Å². The molecule has 0 amide bonds. The van der Waals surface area contributed by atoms with Crippen molar-refractivity contribution in [1.82, 2.24) is 4.98 Å². The Kier molecular flexibility index (Phi) is 4.08. The lowest BCUT2D eigenvalue weighted by atomic mass is 10.3. The molecule has 7 heteroatoms. The summed E-state index contributed by atoms with van der Waals surface area (Å²) in [5.74, 6) is 0. The third kappa shape index (κ3) is 3.12. The summed E-state index contributed by atoms with van der Waals surface area (Å²) in [6, 6.07) is 9.81. The van der Waals surface area contributed by atoms with Gasteiger partial charge in [0.15, 0.2) is 0 Å². The quantitative estimate of drug-likeness (QED) is 0.643. The maximum atomic E-state index is 12.1. The highest BCUT2D eigenvalue weighted by molar-refractivity contribution is 14.1. The van der Waals surface area contributed by atoms with Gasteiger partial charge in [-0.2, -0.15) is 0 Å². The molecule has 0 saturated carbocycles. The van der Waals surface area contributed by atoms with E-state index in [0.717, 1.165) is 3.57 Å². The van der Waals surface area contributed by atoms with Gasteiger partial charge >= 0.3 is 0 Å². The fraction of sp³-hybridized carbons (Fsp3) is 0. The number of hydrogen-bond acceptors (Lipinski definition) is 3. The highest BCUT2D eigenvalue weighted by Gasteiger charge is 2.15. The van der Waals surface area contributed by atoms with E-state index in [4.69, 9.17) is 11.6 Å². The average molecular weight is 395 g/mol. The van der Waals surface area contributed by atoms with Crippen molar-refractivity contribution in [2.24, 2.45) is 0 Å². The Morgan fingerprint density at radius 3 is 2.61 bits per heavy atom. The van der Waals surface area contributed by atoms with Crippen LogP contribution in [0.25, 0.3) is 0 Å². The van der Waals surface area contributed by atoms with E-state index in [1.165, 1.54) is 18.3 Å². The molecule has 0 bridgehead atoms. The highest BCUT2D eigenvalue weighted by atomic mass is 127. The molecule has 0 aliphatic carbocycles. The van der Waals surface area contributed by atoms with Crippen LogP contribution in [0.15, 0.2) is 47.5 Å². The fourth-order valence-electron chi connectivity index (χ4n) is 1.30. The topological polar surface area (TPSA) is 59.1 Å². The molecule has 4 nitrogen and oxygen atoms in total. The lowest BCUT2D eigenvalue weighted by molar-refractivity contribution is 0.601. The SMILES string of the molecule is O=S(=O)(Nc1ccccc1I)c1ccnc(Cl)c1. The molecule has 2 rings (SSSR count). The zero-order valence-corrected chi connectivity index (χ0v) is 12.7. The number of pyridine rings is 1. The molecule has 94 valence electrons. The Hall–Kier alpha value is -0.860. The molecule has 0 fully saturated rings. The molecule has 18 heavy (non-hydrogen) atoms. The van der Waals surface area contributed by atoms with Crippen molar-refractivity contribution >= 4 is 49.9 Å². The molecule has 1 aromatic heterocycles. The molecule has 0 radical (unpaired) electrons. The number of anilines is 1. The number of nitrogens with one attached hydrogen (secondary N) is 1. The maximum absolute atomic E-state index is 12.1. The van der Waals surface area contributed by atoms with Crippen LogP contribution in [0.1, 0.15) is 0 Å². The predicted octanol–water partition coefficient (Wildman–Crippen LogP) is 3.14. The standard InChI is InChI=1S/C11H8ClIN2O2S/c12-11-7-8(5-6-14-11)18(16,17)15-10-4-2-1-3-9(10)13/h1-7,15H. The summed E-state index contributed by atoms with van der Waals surface area (Å²) in [6.07, 6.45) is 1.35. The minimum absolute atomic E-state index is 0.0853. The van der Waals surface area contributed by atoms with Gasteiger partial charge in [0.2, 0.25) is 0 Å². The number of rotatable bonds is 3. The van der Waals surface area contributed by atoms with Crippen molar-refractivity contribution in [3.8, 4) is 0 Å². The number of halogens is 2. The minimum Gasteiger partial charge on any atom is -0.279 e. The van der Waals surface area contributed by atoms with Gasteiger partial charge in [0.25, 0.3) is 10.0 Å². The van der Waals surface area contributed by atoms with Crippen LogP contribution in [0, 0.1) is 3.57 Å². The van der Waals surface area contributed by atoms with E-state index >= 15 is 0 Å². The molecular formula is C11H8ClIN2O2S. The maximum Gasteiger partial charge on any atom is 0.262 e. The van der Waals surface area contributed by atoms with Crippen LogP contribution in [0.3, 0.4) is 0 Å². The lowest BCUT2D eigenvalue weighted by Gasteiger charge is -2.09. The summed E-state index contributed by atoms with van der Waals surface area (Å²) < 4.78 is 27.5. The van der Waals surface area contributed by atoms with Crippen LogP contribution in [-0.4, -0.2) is 13.4 Å². The highest BCUT2D eigenvalue weighted by Crippen LogP contribution is 2.22. The van der Waals surface area contributed by atoms with Crippen molar-refractivity contribution in [3.05, 3.63) is 51.3 Å². The van der Waals surface area contributed by atoms with Gasteiger partial charge in [-0.25, -0.2) is 13.4 Å². The minimum atomic E-state index is -3.64. The summed E-state index contributed by atoms with van der Waals surface area (Å²) >= 11 is 7.74. The molecule has 1 N–H and O–H groups in total. The average Bonchev–Trinajstić information content (AvgIpc) is 2.32. The van der Waals surface area contributed by atoms with Crippen molar-refractivity contribution in [2.75, 3.05) is 4.72 Å².